The average Bonchev–Trinajstić information content (AvgIpc) is 2.13. The van der Waals surface area contributed by atoms with Gasteiger partial charge in [0.2, 0.25) is 0 Å². The van der Waals surface area contributed by atoms with Gasteiger partial charge in [-0.15, -0.1) is 0 Å². The van der Waals surface area contributed by atoms with Crippen LogP contribution in [0.4, 0.5) is 0 Å². The number of hydrogen-bond donors (Lipinski definition) is 1. The summed E-state index contributed by atoms with van der Waals surface area (Å²) in [4.78, 5) is 2.49. The van der Waals surface area contributed by atoms with E-state index in [1.54, 1.807) is 0 Å². The summed E-state index contributed by atoms with van der Waals surface area (Å²) in [7, 11) is 2.24. The SMILES string of the molecule is CC(C)CC(C)N(C)CC(C)CCCN. The second-order valence-corrected chi connectivity index (χ2v) is 5.45. The lowest BCUT2D eigenvalue weighted by Crippen LogP contribution is -2.34. The van der Waals surface area contributed by atoms with Crippen LogP contribution in [0.25, 0.3) is 0 Å². The number of hydrogen-bond acceptors (Lipinski definition) is 2. The molecule has 92 valence electrons. The zero-order valence-electron chi connectivity index (χ0n) is 11.3. The monoisotopic (exact) mass is 214 g/mol. The van der Waals surface area contributed by atoms with Gasteiger partial charge in [-0.05, 0) is 51.6 Å². The summed E-state index contributed by atoms with van der Waals surface area (Å²) in [5.41, 5.74) is 5.52. The molecule has 0 aliphatic carbocycles. The fourth-order valence-corrected chi connectivity index (χ4v) is 2.09. The van der Waals surface area contributed by atoms with E-state index in [2.05, 4.69) is 39.6 Å². The molecular formula is C13H30N2. The van der Waals surface area contributed by atoms with Gasteiger partial charge < -0.3 is 10.6 Å². The van der Waals surface area contributed by atoms with E-state index in [0.717, 1.165) is 24.8 Å². The first-order valence-electron chi connectivity index (χ1n) is 6.37. The van der Waals surface area contributed by atoms with Gasteiger partial charge in [-0.1, -0.05) is 20.8 Å². The summed E-state index contributed by atoms with van der Waals surface area (Å²) in [5.74, 6) is 1.56. The Labute approximate surface area is 96.2 Å². The molecule has 15 heavy (non-hydrogen) atoms. The molecular weight excluding hydrogens is 184 g/mol. The maximum Gasteiger partial charge on any atom is 0.00664 e. The van der Waals surface area contributed by atoms with Gasteiger partial charge >= 0.3 is 0 Å². The molecule has 0 aliphatic heterocycles. The fraction of sp³-hybridized carbons (Fsp3) is 1.00. The summed E-state index contributed by atoms with van der Waals surface area (Å²) < 4.78 is 0. The van der Waals surface area contributed by atoms with Crippen LogP contribution in [0.3, 0.4) is 0 Å². The Morgan fingerprint density at radius 1 is 1.13 bits per heavy atom. The van der Waals surface area contributed by atoms with E-state index in [1.165, 1.54) is 19.4 Å². The zero-order valence-corrected chi connectivity index (χ0v) is 11.3. The number of rotatable bonds is 8. The summed E-state index contributed by atoms with van der Waals surface area (Å²) in [6, 6.07) is 0.699. The zero-order chi connectivity index (χ0) is 11.8. The smallest absolute Gasteiger partial charge is 0.00664 e. The third-order valence-electron chi connectivity index (χ3n) is 3.07. The standard InChI is InChI=1S/C13H30N2/c1-11(2)9-13(4)15(5)10-12(3)7-6-8-14/h11-13H,6-10,14H2,1-5H3. The Morgan fingerprint density at radius 2 is 1.73 bits per heavy atom. The van der Waals surface area contributed by atoms with Crippen LogP contribution < -0.4 is 5.73 Å². The van der Waals surface area contributed by atoms with Crippen molar-refractivity contribution in [3.63, 3.8) is 0 Å². The highest BCUT2D eigenvalue weighted by molar-refractivity contribution is 4.68. The lowest BCUT2D eigenvalue weighted by atomic mass is 10.0. The minimum atomic E-state index is 0.699. The van der Waals surface area contributed by atoms with Gasteiger partial charge in [-0.2, -0.15) is 0 Å². The highest BCUT2D eigenvalue weighted by atomic mass is 15.1. The van der Waals surface area contributed by atoms with E-state index in [9.17, 15) is 0 Å². The van der Waals surface area contributed by atoms with Gasteiger partial charge in [0, 0.05) is 12.6 Å². The van der Waals surface area contributed by atoms with Crippen LogP contribution in [0.1, 0.15) is 47.0 Å². The molecule has 0 bridgehead atoms. The molecule has 2 N–H and O–H groups in total. The van der Waals surface area contributed by atoms with Crippen molar-refractivity contribution < 1.29 is 0 Å². The average molecular weight is 214 g/mol. The van der Waals surface area contributed by atoms with Crippen molar-refractivity contribution in [1.29, 1.82) is 0 Å². The first kappa shape index (κ1) is 14.9. The molecule has 0 aromatic rings. The minimum absolute atomic E-state index is 0.699. The van der Waals surface area contributed by atoms with Gasteiger partial charge in [0.25, 0.3) is 0 Å². The Balaban J connectivity index is 3.74. The predicted octanol–water partition coefficient (Wildman–Crippen LogP) is 2.73. The normalized spacial score (nSPS) is 16.0. The third kappa shape index (κ3) is 7.80. The summed E-state index contributed by atoms with van der Waals surface area (Å²) in [6.07, 6.45) is 3.71. The summed E-state index contributed by atoms with van der Waals surface area (Å²) >= 11 is 0. The molecule has 2 unspecified atom stereocenters. The maximum absolute atomic E-state index is 5.52. The summed E-state index contributed by atoms with van der Waals surface area (Å²) in [5, 5.41) is 0. The van der Waals surface area contributed by atoms with Crippen LogP contribution in [-0.4, -0.2) is 31.1 Å². The first-order chi connectivity index (χ1) is 6.97. The van der Waals surface area contributed by atoms with Crippen LogP contribution in [0, 0.1) is 11.8 Å². The first-order valence-corrected chi connectivity index (χ1v) is 6.37. The number of nitrogens with zero attached hydrogens (tertiary/aromatic N) is 1. The molecule has 0 spiro atoms. The molecule has 2 heteroatoms. The van der Waals surface area contributed by atoms with Crippen LogP contribution in [0.15, 0.2) is 0 Å². The van der Waals surface area contributed by atoms with Crippen LogP contribution in [0.2, 0.25) is 0 Å². The Morgan fingerprint density at radius 3 is 2.20 bits per heavy atom. The molecule has 0 rings (SSSR count). The number of nitrogens with two attached hydrogens (primary N) is 1. The molecule has 0 heterocycles. The quantitative estimate of drug-likeness (QED) is 0.673. The highest BCUT2D eigenvalue weighted by Crippen LogP contribution is 2.13. The van der Waals surface area contributed by atoms with E-state index in [1.807, 2.05) is 0 Å². The summed E-state index contributed by atoms with van der Waals surface area (Å²) in [6.45, 7) is 11.3. The molecule has 2 atom stereocenters. The van der Waals surface area contributed by atoms with E-state index in [-0.39, 0.29) is 0 Å². The molecule has 0 fully saturated rings. The maximum atomic E-state index is 5.52. The van der Waals surface area contributed by atoms with E-state index in [0.29, 0.717) is 6.04 Å². The highest BCUT2D eigenvalue weighted by Gasteiger charge is 2.13. The molecule has 2 nitrogen and oxygen atoms in total. The van der Waals surface area contributed by atoms with Crippen LogP contribution >= 0.6 is 0 Å². The van der Waals surface area contributed by atoms with Crippen LogP contribution in [0.5, 0.6) is 0 Å². The molecule has 0 radical (unpaired) electrons. The Kier molecular flexibility index (Phi) is 8.07. The Bertz CT molecular complexity index is 145. The second-order valence-electron chi connectivity index (χ2n) is 5.45. The van der Waals surface area contributed by atoms with Crippen LogP contribution in [-0.2, 0) is 0 Å². The topological polar surface area (TPSA) is 29.3 Å². The molecule has 0 amide bonds. The molecule has 0 aromatic heterocycles. The van der Waals surface area contributed by atoms with Crippen molar-refractivity contribution in [2.45, 2.75) is 53.0 Å². The molecule has 0 aromatic carbocycles. The Hall–Kier alpha value is -0.0800. The fourth-order valence-electron chi connectivity index (χ4n) is 2.09. The molecule has 0 saturated heterocycles. The molecule has 0 aliphatic rings. The van der Waals surface area contributed by atoms with E-state index < -0.39 is 0 Å². The molecule has 0 saturated carbocycles. The van der Waals surface area contributed by atoms with Gasteiger partial charge in [0.15, 0.2) is 0 Å². The van der Waals surface area contributed by atoms with E-state index in [4.69, 9.17) is 5.73 Å². The van der Waals surface area contributed by atoms with Gasteiger partial charge in [0.05, 0.1) is 0 Å². The lowest BCUT2D eigenvalue weighted by molar-refractivity contribution is 0.196. The second kappa shape index (κ2) is 8.12. The lowest BCUT2D eigenvalue weighted by Gasteiger charge is -2.28. The van der Waals surface area contributed by atoms with E-state index >= 15 is 0 Å². The van der Waals surface area contributed by atoms with Crippen molar-refractivity contribution in [1.82, 2.24) is 4.90 Å². The van der Waals surface area contributed by atoms with Gasteiger partial charge in [0.1, 0.15) is 0 Å². The van der Waals surface area contributed by atoms with Crippen molar-refractivity contribution in [2.24, 2.45) is 17.6 Å². The van der Waals surface area contributed by atoms with Crippen molar-refractivity contribution >= 4 is 0 Å². The van der Waals surface area contributed by atoms with Gasteiger partial charge in [-0.3, -0.25) is 0 Å². The van der Waals surface area contributed by atoms with Gasteiger partial charge in [-0.25, -0.2) is 0 Å². The largest absolute Gasteiger partial charge is 0.330 e. The minimum Gasteiger partial charge on any atom is -0.330 e. The predicted molar refractivity (Wildman–Crippen MR) is 69.0 cm³/mol. The van der Waals surface area contributed by atoms with Crippen molar-refractivity contribution in [2.75, 3.05) is 20.1 Å². The third-order valence-corrected chi connectivity index (χ3v) is 3.07. The van der Waals surface area contributed by atoms with Crippen molar-refractivity contribution in [3.05, 3.63) is 0 Å². The van der Waals surface area contributed by atoms with Crippen molar-refractivity contribution in [3.8, 4) is 0 Å².